The average Bonchev–Trinajstić information content (AvgIpc) is 2.41. The van der Waals surface area contributed by atoms with Gasteiger partial charge in [0.2, 0.25) is 0 Å². The molecule has 0 saturated carbocycles. The Labute approximate surface area is 122 Å². The molecule has 0 aliphatic carbocycles. The molecule has 0 saturated heterocycles. The monoisotopic (exact) mass is 280 g/mol. The van der Waals surface area contributed by atoms with Crippen LogP contribution < -0.4 is 10.6 Å². The van der Waals surface area contributed by atoms with Gasteiger partial charge in [-0.1, -0.05) is 27.7 Å². The standard InChI is InChI=1S/C15H28N4O/c1-11(2)6-8-20-9-7-17-15-13(12(3)4)14(16-5)18-10-19-15/h10-12H,6-9H2,1-5H3,(H2,16,17,18,19). The lowest BCUT2D eigenvalue weighted by Crippen LogP contribution is -2.14. The Hall–Kier alpha value is -1.36. The molecular formula is C15H28N4O. The zero-order chi connectivity index (χ0) is 15.0. The first kappa shape index (κ1) is 16.7. The molecule has 0 spiro atoms. The molecule has 1 aromatic heterocycles. The van der Waals surface area contributed by atoms with Crippen molar-refractivity contribution in [3.05, 3.63) is 11.9 Å². The molecule has 20 heavy (non-hydrogen) atoms. The lowest BCUT2D eigenvalue weighted by molar-refractivity contribution is 0.132. The first-order chi connectivity index (χ1) is 9.56. The fourth-order valence-electron chi connectivity index (χ4n) is 1.95. The van der Waals surface area contributed by atoms with Crippen LogP contribution >= 0.6 is 0 Å². The van der Waals surface area contributed by atoms with Crippen LogP contribution in [0.4, 0.5) is 11.6 Å². The summed E-state index contributed by atoms with van der Waals surface area (Å²) in [6.45, 7) is 11.0. The Morgan fingerprint density at radius 2 is 1.80 bits per heavy atom. The summed E-state index contributed by atoms with van der Waals surface area (Å²) in [7, 11) is 1.88. The maximum atomic E-state index is 5.60. The minimum absolute atomic E-state index is 0.364. The van der Waals surface area contributed by atoms with Gasteiger partial charge in [0.1, 0.15) is 18.0 Å². The van der Waals surface area contributed by atoms with Gasteiger partial charge in [-0.15, -0.1) is 0 Å². The van der Waals surface area contributed by atoms with Crippen molar-refractivity contribution in [2.75, 3.05) is 37.4 Å². The highest BCUT2D eigenvalue weighted by atomic mass is 16.5. The average molecular weight is 280 g/mol. The number of nitrogens with zero attached hydrogens (tertiary/aromatic N) is 2. The van der Waals surface area contributed by atoms with E-state index in [1.54, 1.807) is 6.33 Å². The van der Waals surface area contributed by atoms with Crippen molar-refractivity contribution in [3.8, 4) is 0 Å². The predicted molar refractivity (Wildman–Crippen MR) is 84.4 cm³/mol. The number of aromatic nitrogens is 2. The van der Waals surface area contributed by atoms with E-state index < -0.39 is 0 Å². The molecule has 5 heteroatoms. The first-order valence-corrected chi connectivity index (χ1v) is 7.40. The Morgan fingerprint density at radius 3 is 2.40 bits per heavy atom. The number of rotatable bonds is 9. The molecule has 1 rings (SSSR count). The van der Waals surface area contributed by atoms with Crippen molar-refractivity contribution in [3.63, 3.8) is 0 Å². The molecule has 0 atom stereocenters. The fraction of sp³-hybridized carbons (Fsp3) is 0.733. The number of hydrogen-bond acceptors (Lipinski definition) is 5. The maximum absolute atomic E-state index is 5.60. The van der Waals surface area contributed by atoms with E-state index in [2.05, 4.69) is 48.3 Å². The number of ether oxygens (including phenoxy) is 1. The smallest absolute Gasteiger partial charge is 0.135 e. The second kappa shape index (κ2) is 8.74. The molecular weight excluding hydrogens is 252 g/mol. The largest absolute Gasteiger partial charge is 0.380 e. The Balaban J connectivity index is 2.47. The second-order valence-electron chi connectivity index (χ2n) is 5.61. The summed E-state index contributed by atoms with van der Waals surface area (Å²) in [4.78, 5) is 8.60. The summed E-state index contributed by atoms with van der Waals surface area (Å²) in [6, 6.07) is 0. The number of anilines is 2. The second-order valence-corrected chi connectivity index (χ2v) is 5.61. The lowest BCUT2D eigenvalue weighted by atomic mass is 10.0. The van der Waals surface area contributed by atoms with Crippen LogP contribution in [-0.4, -0.2) is 36.8 Å². The number of hydrogen-bond donors (Lipinski definition) is 2. The van der Waals surface area contributed by atoms with E-state index in [9.17, 15) is 0 Å². The Bertz CT molecular complexity index is 393. The summed E-state index contributed by atoms with van der Waals surface area (Å²) in [5, 5.41) is 6.46. The van der Waals surface area contributed by atoms with Crippen molar-refractivity contribution in [1.82, 2.24) is 9.97 Å². The third kappa shape index (κ3) is 5.33. The van der Waals surface area contributed by atoms with Crippen LogP contribution in [0.25, 0.3) is 0 Å². The predicted octanol–water partition coefficient (Wildman–Crippen LogP) is 3.12. The fourth-order valence-corrected chi connectivity index (χ4v) is 1.95. The third-order valence-electron chi connectivity index (χ3n) is 3.08. The maximum Gasteiger partial charge on any atom is 0.135 e. The summed E-state index contributed by atoms with van der Waals surface area (Å²) in [6.07, 6.45) is 2.69. The summed E-state index contributed by atoms with van der Waals surface area (Å²) < 4.78 is 5.60. The molecule has 0 radical (unpaired) electrons. The molecule has 0 amide bonds. The van der Waals surface area contributed by atoms with Crippen LogP contribution in [0.5, 0.6) is 0 Å². The Morgan fingerprint density at radius 1 is 1.10 bits per heavy atom. The van der Waals surface area contributed by atoms with Crippen LogP contribution in [0.15, 0.2) is 6.33 Å². The molecule has 114 valence electrons. The molecule has 0 aromatic carbocycles. The van der Waals surface area contributed by atoms with Gasteiger partial charge in [0, 0.05) is 25.8 Å². The van der Waals surface area contributed by atoms with E-state index in [0.717, 1.165) is 36.8 Å². The molecule has 0 aliphatic heterocycles. The van der Waals surface area contributed by atoms with Crippen LogP contribution in [0.2, 0.25) is 0 Å². The minimum atomic E-state index is 0.364. The van der Waals surface area contributed by atoms with Crippen molar-refractivity contribution >= 4 is 11.6 Å². The van der Waals surface area contributed by atoms with Gasteiger partial charge in [0.05, 0.1) is 6.61 Å². The molecule has 0 aliphatic rings. The van der Waals surface area contributed by atoms with E-state index in [0.29, 0.717) is 18.4 Å². The van der Waals surface area contributed by atoms with Gasteiger partial charge in [-0.05, 0) is 18.3 Å². The molecule has 1 aromatic rings. The van der Waals surface area contributed by atoms with Gasteiger partial charge in [0.15, 0.2) is 0 Å². The summed E-state index contributed by atoms with van der Waals surface area (Å²) in [5.74, 6) is 2.84. The van der Waals surface area contributed by atoms with Crippen LogP contribution in [-0.2, 0) is 4.74 Å². The summed E-state index contributed by atoms with van der Waals surface area (Å²) >= 11 is 0. The highest BCUT2D eigenvalue weighted by molar-refractivity contribution is 5.58. The van der Waals surface area contributed by atoms with E-state index >= 15 is 0 Å². The Kier molecular flexibility index (Phi) is 7.30. The molecule has 0 fully saturated rings. The number of nitrogens with one attached hydrogen (secondary N) is 2. The third-order valence-corrected chi connectivity index (χ3v) is 3.08. The molecule has 2 N–H and O–H groups in total. The zero-order valence-electron chi connectivity index (χ0n) is 13.4. The van der Waals surface area contributed by atoms with Gasteiger partial charge >= 0.3 is 0 Å². The van der Waals surface area contributed by atoms with Gasteiger partial charge < -0.3 is 15.4 Å². The topological polar surface area (TPSA) is 59.1 Å². The quantitative estimate of drug-likeness (QED) is 0.681. The molecule has 1 heterocycles. The van der Waals surface area contributed by atoms with Crippen molar-refractivity contribution < 1.29 is 4.74 Å². The van der Waals surface area contributed by atoms with Gasteiger partial charge in [0.25, 0.3) is 0 Å². The normalized spacial score (nSPS) is 11.2. The van der Waals surface area contributed by atoms with Crippen LogP contribution in [0, 0.1) is 5.92 Å². The van der Waals surface area contributed by atoms with Crippen molar-refractivity contribution in [2.45, 2.75) is 40.0 Å². The van der Waals surface area contributed by atoms with Gasteiger partial charge in [-0.3, -0.25) is 0 Å². The first-order valence-electron chi connectivity index (χ1n) is 7.40. The van der Waals surface area contributed by atoms with E-state index in [-0.39, 0.29) is 0 Å². The van der Waals surface area contributed by atoms with E-state index in [1.165, 1.54) is 0 Å². The van der Waals surface area contributed by atoms with Crippen molar-refractivity contribution in [2.24, 2.45) is 5.92 Å². The summed E-state index contributed by atoms with van der Waals surface area (Å²) in [5.41, 5.74) is 1.12. The lowest BCUT2D eigenvalue weighted by Gasteiger charge is -2.16. The molecule has 0 unspecified atom stereocenters. The van der Waals surface area contributed by atoms with E-state index in [1.807, 2.05) is 7.05 Å². The van der Waals surface area contributed by atoms with Crippen molar-refractivity contribution in [1.29, 1.82) is 0 Å². The van der Waals surface area contributed by atoms with Gasteiger partial charge in [-0.25, -0.2) is 9.97 Å². The van der Waals surface area contributed by atoms with Gasteiger partial charge in [-0.2, -0.15) is 0 Å². The minimum Gasteiger partial charge on any atom is -0.380 e. The molecule has 5 nitrogen and oxygen atoms in total. The highest BCUT2D eigenvalue weighted by Crippen LogP contribution is 2.27. The van der Waals surface area contributed by atoms with Crippen LogP contribution in [0.1, 0.15) is 45.6 Å². The zero-order valence-corrected chi connectivity index (χ0v) is 13.4. The highest BCUT2D eigenvalue weighted by Gasteiger charge is 2.13. The SMILES string of the molecule is CNc1ncnc(NCCOCCC(C)C)c1C(C)C. The molecule has 0 bridgehead atoms. The van der Waals surface area contributed by atoms with E-state index in [4.69, 9.17) is 4.74 Å². The van der Waals surface area contributed by atoms with Crippen LogP contribution in [0.3, 0.4) is 0 Å².